The highest BCUT2D eigenvalue weighted by Crippen LogP contribution is 2.65. The summed E-state index contributed by atoms with van der Waals surface area (Å²) in [5, 5.41) is 4.49. The first kappa shape index (κ1) is 108. The van der Waals surface area contributed by atoms with Crippen LogP contribution in [0.15, 0.2) is 60.7 Å². The molecular weight excluding hydrogens is 1790 g/mol. The molecule has 6 aromatic rings. The third kappa shape index (κ3) is 27.0. The van der Waals surface area contributed by atoms with Crippen LogP contribution in [0.25, 0.3) is 43.1 Å². The molecule has 2 aliphatic rings. The number of rotatable bonds is 68. The predicted molar refractivity (Wildman–Crippen MR) is 439 cm³/mol. The summed E-state index contributed by atoms with van der Waals surface area (Å²) in [6.45, 7) is 20.0. The van der Waals surface area contributed by atoms with Crippen LogP contribution in [-0.2, 0) is 85.3 Å². The smallest absolute Gasteiger partial charge is 0.460 e. The van der Waals surface area contributed by atoms with Gasteiger partial charge in [0.1, 0.15) is 12.4 Å². The quantitative estimate of drug-likeness (QED) is 0.00928. The number of benzene rings is 6. The van der Waals surface area contributed by atoms with Gasteiger partial charge >= 0.3 is 47.6 Å². The maximum absolute atomic E-state index is 15.0. The molecule has 0 spiro atoms. The summed E-state index contributed by atoms with van der Waals surface area (Å²) < 4.78 is 337. The fourth-order valence-electron chi connectivity index (χ4n) is 14.0. The summed E-state index contributed by atoms with van der Waals surface area (Å²) >= 11 is 0. The molecule has 0 aromatic heterocycles. The Morgan fingerprint density at radius 2 is 0.618 bits per heavy atom. The van der Waals surface area contributed by atoms with Crippen molar-refractivity contribution in [1.82, 2.24) is 9.80 Å². The summed E-state index contributed by atoms with van der Waals surface area (Å²) in [6, 6.07) is 12.7. The van der Waals surface area contributed by atoms with Gasteiger partial charge in [-0.15, -0.1) is 0 Å². The van der Waals surface area contributed by atoms with Gasteiger partial charge in [0.05, 0.1) is 224 Å². The topological polar surface area (TPSA) is 270 Å². The summed E-state index contributed by atoms with van der Waals surface area (Å²) in [6.07, 6.45) is -11.4. The number of nitrogens with zero attached hydrogens (tertiary/aromatic N) is 2. The van der Waals surface area contributed by atoms with Gasteiger partial charge in [-0.1, -0.05) is 51.7 Å². The summed E-state index contributed by atoms with van der Waals surface area (Å²) in [7, 11) is 1.62. The van der Waals surface area contributed by atoms with Gasteiger partial charge in [0, 0.05) is 97.9 Å². The van der Waals surface area contributed by atoms with E-state index in [1.165, 1.54) is 23.1 Å². The van der Waals surface area contributed by atoms with Gasteiger partial charge in [0.15, 0.2) is 0 Å². The van der Waals surface area contributed by atoms with Gasteiger partial charge in [-0.2, -0.15) is 74.6 Å². The van der Waals surface area contributed by atoms with Crippen LogP contribution in [0.2, 0.25) is 0 Å². The predicted octanol–water partition coefficient (Wildman–Crippen LogP) is 14.7. The highest BCUT2D eigenvalue weighted by atomic mass is 19.4. The minimum atomic E-state index is -8.81. The summed E-state index contributed by atoms with van der Waals surface area (Å²) in [4.78, 5) is 74.5. The molecule has 0 saturated heterocycles. The van der Waals surface area contributed by atoms with Crippen molar-refractivity contribution < 1.29 is 184 Å². The van der Waals surface area contributed by atoms with E-state index in [4.69, 9.17) is 85.3 Å². The number of methoxy groups -OCH3 is 1. The van der Waals surface area contributed by atoms with E-state index >= 15 is 0 Å². The lowest BCUT2D eigenvalue weighted by Crippen LogP contribution is -2.74. The third-order valence-corrected chi connectivity index (χ3v) is 20.9. The number of anilines is 1. The second kappa shape index (κ2) is 51.5. The first-order valence-corrected chi connectivity index (χ1v) is 42.5. The Hall–Kier alpha value is -8.14. The minimum Gasteiger partial charge on any atom is -0.490 e. The van der Waals surface area contributed by atoms with Crippen molar-refractivity contribution in [3.63, 3.8) is 0 Å². The molecule has 0 atom stereocenters. The van der Waals surface area contributed by atoms with E-state index in [0.29, 0.717) is 243 Å². The van der Waals surface area contributed by atoms with Crippen molar-refractivity contribution in [3.05, 3.63) is 94.0 Å². The number of imide groups is 2. The fourth-order valence-corrected chi connectivity index (χ4v) is 14.0. The average Bonchev–Trinajstić information content (AvgIpc) is 0.680. The first-order valence-electron chi connectivity index (χ1n) is 42.5. The Bertz CT molecular complexity index is 4670. The Balaban J connectivity index is 0.762. The lowest BCUT2D eigenvalue weighted by Gasteiger charge is -2.42. The van der Waals surface area contributed by atoms with Crippen LogP contribution in [0.5, 0.6) is 5.75 Å². The lowest BCUT2D eigenvalue weighted by molar-refractivity contribution is -0.461. The van der Waals surface area contributed by atoms with Crippen molar-refractivity contribution in [3.8, 4) is 17.6 Å². The van der Waals surface area contributed by atoms with Gasteiger partial charge in [-0.3, -0.25) is 33.8 Å². The molecule has 0 fully saturated rings. The number of ether oxygens (including phenoxy) is 18. The minimum absolute atomic E-state index is 0.000363. The van der Waals surface area contributed by atoms with Crippen LogP contribution in [0.1, 0.15) is 119 Å². The number of alkyl halides is 17. The Morgan fingerprint density at radius 3 is 0.947 bits per heavy atom. The van der Waals surface area contributed by atoms with Crippen LogP contribution in [0, 0.1) is 11.8 Å². The van der Waals surface area contributed by atoms with E-state index in [-0.39, 0.29) is 89.5 Å². The van der Waals surface area contributed by atoms with Gasteiger partial charge in [0.25, 0.3) is 23.6 Å². The summed E-state index contributed by atoms with van der Waals surface area (Å²) in [5.74, 6) is -56.0. The van der Waals surface area contributed by atoms with Crippen molar-refractivity contribution in [2.24, 2.45) is 0 Å². The maximum atomic E-state index is 15.0. The zero-order valence-corrected chi connectivity index (χ0v) is 72.9. The highest BCUT2D eigenvalue weighted by Gasteiger charge is 2.95. The molecule has 1 N–H and O–H groups in total. The molecule has 2 heterocycles. The molecule has 0 bridgehead atoms. The monoisotopic (exact) mass is 1900 g/mol. The highest BCUT2D eigenvalue weighted by molar-refractivity contribution is 6.43. The van der Waals surface area contributed by atoms with Crippen molar-refractivity contribution in [1.29, 1.82) is 0 Å². The molecule has 0 radical (unpaired) electrons. The number of carbonyl (C=O) groups is 5. The second-order valence-corrected chi connectivity index (χ2v) is 29.5. The van der Waals surface area contributed by atoms with Gasteiger partial charge in [-0.05, 0) is 85.0 Å². The van der Waals surface area contributed by atoms with Gasteiger partial charge < -0.3 is 90.6 Å². The van der Waals surface area contributed by atoms with Crippen molar-refractivity contribution in [2.45, 2.75) is 126 Å². The van der Waals surface area contributed by atoms with Crippen LogP contribution in [-0.4, -0.2) is 331 Å². The molecule has 732 valence electrons. The number of nitrogens with one attached hydrogen (secondary N) is 1. The first-order chi connectivity index (χ1) is 62.5. The lowest BCUT2D eigenvalue weighted by atomic mass is 9.80. The molecule has 0 saturated carbocycles. The Kier molecular flexibility index (Phi) is 42.6. The van der Waals surface area contributed by atoms with Crippen LogP contribution in [0.4, 0.5) is 80.3 Å². The largest absolute Gasteiger partial charge is 0.490 e. The van der Waals surface area contributed by atoms with Crippen molar-refractivity contribution >= 4 is 78.3 Å². The molecule has 0 unspecified atom stereocenters. The molecule has 8 rings (SSSR count). The van der Waals surface area contributed by atoms with Crippen LogP contribution < -0.4 is 10.1 Å². The average molecular weight is 1900 g/mol. The van der Waals surface area contributed by atoms with E-state index in [1.54, 1.807) is 51.3 Å². The molecule has 5 amide bonds. The molecule has 43 heteroatoms. The Morgan fingerprint density at radius 1 is 0.328 bits per heavy atom. The number of hydrogen-bond donors (Lipinski definition) is 1. The molecule has 26 nitrogen and oxygen atoms in total. The Labute approximate surface area is 744 Å². The van der Waals surface area contributed by atoms with E-state index in [9.17, 15) is 98.6 Å². The zero-order chi connectivity index (χ0) is 95.6. The SMILES string of the molecule is CCC(CC)N1C(=O)c2ccc3c4c(OCCOCCOCCOCCOCCOCCOCCOCCOCCOCCOCCOCCOCCOCCOCCOCCOCCOC)cc5c6c(ccc(c7c(C#Cc8ccc(NC(=O)CCC(F)(F)C(F)(F)C(F)(F)C(F)(F)C(F)(F)C(F)(F)C(F)(F)C(F)(F)F)cc8)cc(c2c37)C1=O)c64)C(=O)N(C(CC)CC)C5=O. The number of amides is 5. The van der Waals surface area contributed by atoms with E-state index < -0.39 is 108 Å². The summed E-state index contributed by atoms with van der Waals surface area (Å²) in [5.41, 5.74) is 0.241. The molecule has 2 aliphatic heterocycles. The van der Waals surface area contributed by atoms with E-state index in [1.807, 2.05) is 19.2 Å². The van der Waals surface area contributed by atoms with Crippen LogP contribution in [0.3, 0.4) is 0 Å². The normalized spacial score (nSPS) is 13.9. The maximum Gasteiger partial charge on any atom is 0.460 e. The third-order valence-electron chi connectivity index (χ3n) is 20.9. The van der Waals surface area contributed by atoms with Gasteiger partial charge in [0.2, 0.25) is 5.91 Å². The van der Waals surface area contributed by atoms with E-state index in [0.717, 1.165) is 17.0 Å². The molecule has 6 aromatic carbocycles. The number of fused-ring (bicyclic) bond motifs is 2. The van der Waals surface area contributed by atoms with Crippen molar-refractivity contribution in [2.75, 3.05) is 237 Å². The van der Waals surface area contributed by atoms with Gasteiger partial charge in [-0.25, -0.2) is 0 Å². The molecular formula is C88H108F17N3O23. The van der Waals surface area contributed by atoms with Crippen LogP contribution >= 0.6 is 0 Å². The number of hydrogen-bond acceptors (Lipinski definition) is 23. The van der Waals surface area contributed by atoms with E-state index in [2.05, 4.69) is 11.8 Å². The second-order valence-electron chi connectivity index (χ2n) is 29.5. The standard InChI is InChI=1S/C88H108F17N3O23/c1-6-61(7-2)107-77(110)65-19-17-64-74-69(131-55-54-130-53-52-129-51-50-128-49-48-127-47-46-126-45-44-125-43-42-124-41-40-123-39-38-122-37-36-121-35-34-120-33-32-119-31-30-118-29-28-117-27-26-116-25-24-115-23-22-114-5)57-68-73-66(78(111)108(80(68)113)62(8-3)9-4)18-16-63(76(73)74)71-59(56-67(79(107)112)72(65)75(64)71)13-10-58-11-14-60(15-12-58)106-70(109)20-21-81(89,90)82(91,92)83(93,94)84(95,96)85(97,98)86(99,100)87(101,102)88(103,104)105/h11-12,14-19,56-57,61-62H,6-9,20-55H2,1-5H3,(H,106,109). The number of carbonyl (C=O) groups excluding carboxylic acids is 5. The molecule has 131 heavy (non-hydrogen) atoms. The number of halogens is 17. The fraction of sp³-hybridized carbons (Fsp3) is 0.625. The molecule has 0 aliphatic carbocycles. The zero-order valence-electron chi connectivity index (χ0n) is 72.9.